The lowest BCUT2D eigenvalue weighted by Crippen LogP contribution is -2.42. The van der Waals surface area contributed by atoms with Crippen molar-refractivity contribution >= 4 is 5.91 Å². The molecule has 0 rings (SSSR count). The van der Waals surface area contributed by atoms with Crippen LogP contribution in [0.5, 0.6) is 0 Å². The Morgan fingerprint density at radius 2 is 2.00 bits per heavy atom. The van der Waals surface area contributed by atoms with Crippen molar-refractivity contribution in [1.29, 1.82) is 0 Å². The van der Waals surface area contributed by atoms with E-state index >= 15 is 0 Å². The fourth-order valence-corrected chi connectivity index (χ4v) is 1.21. The first-order valence-corrected chi connectivity index (χ1v) is 5.77. The maximum atomic E-state index is 11.4. The molecule has 2 atom stereocenters. The smallest absolute Gasteiger partial charge is 0.236 e. The van der Waals surface area contributed by atoms with E-state index in [9.17, 15) is 4.79 Å². The number of aliphatic hydroxyl groups is 1. The molecular formula is C11H24N2O2. The summed E-state index contributed by atoms with van der Waals surface area (Å²) in [5.74, 6) is 0.0499. The summed E-state index contributed by atoms with van der Waals surface area (Å²) in [5.41, 5.74) is 0. The summed E-state index contributed by atoms with van der Waals surface area (Å²) in [6.07, 6.45) is 2.37. The van der Waals surface area contributed by atoms with E-state index in [1.165, 1.54) is 0 Å². The molecule has 90 valence electrons. The highest BCUT2D eigenvalue weighted by Gasteiger charge is 2.10. The molecule has 0 spiro atoms. The Balaban J connectivity index is 3.46. The number of amides is 1. The summed E-state index contributed by atoms with van der Waals surface area (Å²) in [6.45, 7) is 7.16. The van der Waals surface area contributed by atoms with Crippen LogP contribution in [0.2, 0.25) is 0 Å². The van der Waals surface area contributed by atoms with Gasteiger partial charge in [0.1, 0.15) is 0 Å². The van der Waals surface area contributed by atoms with Gasteiger partial charge in [0.2, 0.25) is 5.91 Å². The van der Waals surface area contributed by atoms with E-state index in [4.69, 9.17) is 5.11 Å². The second kappa shape index (κ2) is 8.68. The molecule has 0 aromatic rings. The van der Waals surface area contributed by atoms with Crippen molar-refractivity contribution in [3.63, 3.8) is 0 Å². The van der Waals surface area contributed by atoms with Gasteiger partial charge in [-0.25, -0.2) is 0 Å². The van der Waals surface area contributed by atoms with E-state index in [2.05, 4.69) is 10.6 Å². The van der Waals surface area contributed by atoms with Crippen molar-refractivity contribution in [2.24, 2.45) is 0 Å². The SMILES string of the molecule is CCCNC(=O)C(C)NCCCC(C)O. The minimum absolute atomic E-state index is 0.0499. The number of hydrogen-bond acceptors (Lipinski definition) is 3. The van der Waals surface area contributed by atoms with Gasteiger partial charge in [-0.3, -0.25) is 4.79 Å². The van der Waals surface area contributed by atoms with E-state index in [0.29, 0.717) is 0 Å². The lowest BCUT2D eigenvalue weighted by Gasteiger charge is -2.13. The predicted molar refractivity (Wildman–Crippen MR) is 61.7 cm³/mol. The molecule has 0 aliphatic heterocycles. The molecule has 1 amide bonds. The van der Waals surface area contributed by atoms with Crippen LogP contribution < -0.4 is 10.6 Å². The molecule has 0 saturated heterocycles. The van der Waals surface area contributed by atoms with E-state index in [1.807, 2.05) is 13.8 Å². The minimum atomic E-state index is -0.254. The lowest BCUT2D eigenvalue weighted by atomic mass is 10.2. The van der Waals surface area contributed by atoms with Crippen molar-refractivity contribution in [2.75, 3.05) is 13.1 Å². The van der Waals surface area contributed by atoms with Gasteiger partial charge in [-0.2, -0.15) is 0 Å². The van der Waals surface area contributed by atoms with Crippen LogP contribution in [0, 0.1) is 0 Å². The highest BCUT2D eigenvalue weighted by molar-refractivity contribution is 5.81. The normalized spacial score (nSPS) is 14.7. The second-order valence-electron chi connectivity index (χ2n) is 3.96. The number of nitrogens with one attached hydrogen (secondary N) is 2. The van der Waals surface area contributed by atoms with Crippen LogP contribution in [-0.2, 0) is 4.79 Å². The molecule has 0 saturated carbocycles. The fourth-order valence-electron chi connectivity index (χ4n) is 1.21. The zero-order valence-electron chi connectivity index (χ0n) is 10.0. The molecule has 2 unspecified atom stereocenters. The van der Waals surface area contributed by atoms with Gasteiger partial charge in [0.25, 0.3) is 0 Å². The van der Waals surface area contributed by atoms with Crippen LogP contribution in [0.15, 0.2) is 0 Å². The maximum Gasteiger partial charge on any atom is 0.236 e. The molecule has 0 bridgehead atoms. The molecule has 3 N–H and O–H groups in total. The third-order valence-corrected chi connectivity index (χ3v) is 2.19. The van der Waals surface area contributed by atoms with Gasteiger partial charge in [-0.05, 0) is 39.7 Å². The van der Waals surface area contributed by atoms with Gasteiger partial charge < -0.3 is 15.7 Å². The Morgan fingerprint density at radius 1 is 1.33 bits per heavy atom. The molecule has 0 radical (unpaired) electrons. The summed E-state index contributed by atoms with van der Waals surface area (Å²) < 4.78 is 0. The highest BCUT2D eigenvalue weighted by atomic mass is 16.3. The first-order chi connectivity index (χ1) is 7.07. The van der Waals surface area contributed by atoms with Crippen molar-refractivity contribution in [3.8, 4) is 0 Å². The second-order valence-corrected chi connectivity index (χ2v) is 3.96. The summed E-state index contributed by atoms with van der Waals surface area (Å²) >= 11 is 0. The Labute approximate surface area is 92.4 Å². The van der Waals surface area contributed by atoms with Crippen LogP contribution in [0.3, 0.4) is 0 Å². The van der Waals surface area contributed by atoms with Gasteiger partial charge in [0.05, 0.1) is 12.1 Å². The lowest BCUT2D eigenvalue weighted by molar-refractivity contribution is -0.122. The fraction of sp³-hybridized carbons (Fsp3) is 0.909. The van der Waals surface area contributed by atoms with Crippen LogP contribution in [0.25, 0.3) is 0 Å². The minimum Gasteiger partial charge on any atom is -0.393 e. The molecule has 4 heteroatoms. The number of rotatable bonds is 8. The predicted octanol–water partition coefficient (Wildman–Crippen LogP) is 0.652. The average Bonchev–Trinajstić information content (AvgIpc) is 2.20. The van der Waals surface area contributed by atoms with E-state index < -0.39 is 0 Å². The Bertz CT molecular complexity index is 172. The van der Waals surface area contributed by atoms with Gasteiger partial charge in [-0.15, -0.1) is 0 Å². The van der Waals surface area contributed by atoms with Gasteiger partial charge in [0.15, 0.2) is 0 Å². The molecule has 0 aromatic heterocycles. The number of hydrogen-bond donors (Lipinski definition) is 3. The van der Waals surface area contributed by atoms with Crippen molar-refractivity contribution in [1.82, 2.24) is 10.6 Å². The average molecular weight is 216 g/mol. The molecular weight excluding hydrogens is 192 g/mol. The van der Waals surface area contributed by atoms with Crippen molar-refractivity contribution < 1.29 is 9.90 Å². The topological polar surface area (TPSA) is 61.4 Å². The van der Waals surface area contributed by atoms with E-state index in [0.717, 1.165) is 32.4 Å². The molecule has 0 aliphatic rings. The summed E-state index contributed by atoms with van der Waals surface area (Å²) in [6, 6.07) is -0.148. The Kier molecular flexibility index (Phi) is 8.33. The maximum absolute atomic E-state index is 11.4. The Morgan fingerprint density at radius 3 is 2.53 bits per heavy atom. The molecule has 4 nitrogen and oxygen atoms in total. The van der Waals surface area contributed by atoms with Crippen LogP contribution in [0.1, 0.15) is 40.0 Å². The number of aliphatic hydroxyl groups excluding tert-OH is 1. The number of carbonyl (C=O) groups is 1. The molecule has 15 heavy (non-hydrogen) atoms. The zero-order valence-corrected chi connectivity index (χ0v) is 10.0. The third kappa shape index (κ3) is 8.39. The molecule has 0 aromatic carbocycles. The van der Waals surface area contributed by atoms with Crippen molar-refractivity contribution in [2.45, 2.75) is 52.2 Å². The van der Waals surface area contributed by atoms with Crippen molar-refractivity contribution in [3.05, 3.63) is 0 Å². The van der Waals surface area contributed by atoms with Crippen LogP contribution in [-0.4, -0.2) is 36.2 Å². The standard InChI is InChI=1S/C11H24N2O2/c1-4-7-13-11(15)10(3)12-8-5-6-9(2)14/h9-10,12,14H,4-8H2,1-3H3,(H,13,15). The van der Waals surface area contributed by atoms with E-state index in [-0.39, 0.29) is 18.1 Å². The molecule has 0 fully saturated rings. The third-order valence-electron chi connectivity index (χ3n) is 2.19. The van der Waals surface area contributed by atoms with Gasteiger partial charge >= 0.3 is 0 Å². The highest BCUT2D eigenvalue weighted by Crippen LogP contribution is 1.94. The van der Waals surface area contributed by atoms with E-state index in [1.54, 1.807) is 6.92 Å². The monoisotopic (exact) mass is 216 g/mol. The summed E-state index contributed by atoms with van der Waals surface area (Å²) in [4.78, 5) is 11.4. The summed E-state index contributed by atoms with van der Waals surface area (Å²) in [5, 5.41) is 15.0. The number of carbonyl (C=O) groups excluding carboxylic acids is 1. The van der Waals surface area contributed by atoms with Crippen LogP contribution in [0.4, 0.5) is 0 Å². The molecule has 0 heterocycles. The largest absolute Gasteiger partial charge is 0.393 e. The first-order valence-electron chi connectivity index (χ1n) is 5.77. The van der Waals surface area contributed by atoms with Gasteiger partial charge in [0, 0.05) is 6.54 Å². The first kappa shape index (κ1) is 14.4. The Hall–Kier alpha value is -0.610. The molecule has 0 aliphatic carbocycles. The quantitative estimate of drug-likeness (QED) is 0.522. The zero-order chi connectivity index (χ0) is 11.7. The van der Waals surface area contributed by atoms with Crippen LogP contribution >= 0.6 is 0 Å². The summed E-state index contributed by atoms with van der Waals surface area (Å²) in [7, 11) is 0. The van der Waals surface area contributed by atoms with Gasteiger partial charge in [-0.1, -0.05) is 6.92 Å².